The molecule has 1 atom stereocenters. The summed E-state index contributed by atoms with van der Waals surface area (Å²) in [5.41, 5.74) is 1.55. The van der Waals surface area contributed by atoms with Crippen LogP contribution in [0, 0.1) is 5.92 Å². The summed E-state index contributed by atoms with van der Waals surface area (Å²) in [5.74, 6) is 0.0533. The molecule has 0 aromatic heterocycles. The number of rotatable bonds is 8. The number of carbonyl (C=O) groups excluding carboxylic acids is 1. The Morgan fingerprint density at radius 2 is 1.79 bits per heavy atom. The standard InChI is InChI=1S/C20H23ClO3/c1-15(2)13-23-14-19(11-16-7-4-3-5-8-16)24-20(22)17-9-6-10-18(21)12-17/h3-10,12,15,19H,11,13-14H2,1-2H3. The van der Waals surface area contributed by atoms with Crippen LogP contribution in [-0.4, -0.2) is 25.3 Å². The van der Waals surface area contributed by atoms with E-state index in [-0.39, 0.29) is 12.1 Å². The second-order valence-electron chi connectivity index (χ2n) is 6.16. The lowest BCUT2D eigenvalue weighted by molar-refractivity contribution is -0.00859. The van der Waals surface area contributed by atoms with Crippen LogP contribution in [0.4, 0.5) is 0 Å². The monoisotopic (exact) mass is 346 g/mol. The molecule has 0 aliphatic rings. The van der Waals surface area contributed by atoms with Gasteiger partial charge in [0.2, 0.25) is 0 Å². The van der Waals surface area contributed by atoms with Gasteiger partial charge in [0.05, 0.1) is 12.2 Å². The highest BCUT2D eigenvalue weighted by Crippen LogP contribution is 2.14. The fraction of sp³-hybridized carbons (Fsp3) is 0.350. The molecule has 0 heterocycles. The highest BCUT2D eigenvalue weighted by atomic mass is 35.5. The first-order valence-corrected chi connectivity index (χ1v) is 8.50. The molecule has 0 bridgehead atoms. The largest absolute Gasteiger partial charge is 0.456 e. The summed E-state index contributed by atoms with van der Waals surface area (Å²) in [4.78, 5) is 12.4. The van der Waals surface area contributed by atoms with Crippen LogP contribution in [0.2, 0.25) is 5.02 Å². The van der Waals surface area contributed by atoms with Gasteiger partial charge >= 0.3 is 5.97 Å². The van der Waals surface area contributed by atoms with E-state index in [9.17, 15) is 4.79 Å². The van der Waals surface area contributed by atoms with Gasteiger partial charge in [0, 0.05) is 18.1 Å². The van der Waals surface area contributed by atoms with Crippen LogP contribution in [0.5, 0.6) is 0 Å². The molecule has 1 unspecified atom stereocenters. The van der Waals surface area contributed by atoms with Gasteiger partial charge in [-0.05, 0) is 29.7 Å². The van der Waals surface area contributed by atoms with E-state index in [1.54, 1.807) is 24.3 Å². The van der Waals surface area contributed by atoms with Crippen LogP contribution >= 0.6 is 11.6 Å². The van der Waals surface area contributed by atoms with E-state index >= 15 is 0 Å². The Kier molecular flexibility index (Phi) is 7.29. The Labute approximate surface area is 148 Å². The normalized spacial score (nSPS) is 12.2. The predicted molar refractivity (Wildman–Crippen MR) is 96.5 cm³/mol. The molecule has 0 saturated carbocycles. The SMILES string of the molecule is CC(C)COCC(Cc1ccccc1)OC(=O)c1cccc(Cl)c1. The summed E-state index contributed by atoms with van der Waals surface area (Å²) in [7, 11) is 0. The molecule has 4 heteroatoms. The van der Waals surface area contributed by atoms with Gasteiger partial charge < -0.3 is 9.47 Å². The van der Waals surface area contributed by atoms with Crippen molar-refractivity contribution in [2.24, 2.45) is 5.92 Å². The topological polar surface area (TPSA) is 35.5 Å². The van der Waals surface area contributed by atoms with E-state index < -0.39 is 0 Å². The molecule has 2 aromatic carbocycles. The van der Waals surface area contributed by atoms with Crippen LogP contribution in [0.15, 0.2) is 54.6 Å². The van der Waals surface area contributed by atoms with E-state index in [0.717, 1.165) is 5.56 Å². The van der Waals surface area contributed by atoms with Crippen LogP contribution < -0.4 is 0 Å². The van der Waals surface area contributed by atoms with Gasteiger partial charge in [-0.15, -0.1) is 0 Å². The summed E-state index contributed by atoms with van der Waals surface area (Å²) in [6.07, 6.45) is 0.281. The third-order valence-electron chi connectivity index (χ3n) is 3.40. The number of hydrogen-bond acceptors (Lipinski definition) is 3. The number of benzene rings is 2. The minimum absolute atomic E-state index is 0.336. The highest BCUT2D eigenvalue weighted by Gasteiger charge is 2.17. The van der Waals surface area contributed by atoms with Crippen molar-refractivity contribution in [3.05, 3.63) is 70.7 Å². The van der Waals surface area contributed by atoms with E-state index in [1.807, 2.05) is 30.3 Å². The number of halogens is 1. The molecule has 0 radical (unpaired) electrons. The van der Waals surface area contributed by atoms with Crippen molar-refractivity contribution < 1.29 is 14.3 Å². The van der Waals surface area contributed by atoms with Gasteiger partial charge in [-0.1, -0.05) is 61.8 Å². The second kappa shape index (κ2) is 9.45. The van der Waals surface area contributed by atoms with Gasteiger partial charge in [0.15, 0.2) is 0 Å². The maximum atomic E-state index is 12.4. The zero-order valence-corrected chi connectivity index (χ0v) is 14.8. The molecule has 2 aromatic rings. The zero-order valence-electron chi connectivity index (χ0n) is 14.1. The Hall–Kier alpha value is -1.84. The summed E-state index contributed by atoms with van der Waals surface area (Å²) in [6.45, 7) is 5.19. The maximum Gasteiger partial charge on any atom is 0.338 e. The van der Waals surface area contributed by atoms with Crippen LogP contribution in [0.1, 0.15) is 29.8 Å². The first kappa shape index (κ1) is 18.5. The lowest BCUT2D eigenvalue weighted by Gasteiger charge is -2.19. The lowest BCUT2D eigenvalue weighted by Crippen LogP contribution is -2.27. The van der Waals surface area contributed by atoms with Gasteiger partial charge in [-0.25, -0.2) is 4.79 Å². The Bertz CT molecular complexity index is 640. The molecule has 3 nitrogen and oxygen atoms in total. The van der Waals surface area contributed by atoms with Crippen molar-refractivity contribution in [3.8, 4) is 0 Å². The fourth-order valence-corrected chi connectivity index (χ4v) is 2.47. The molecule has 0 fully saturated rings. The Morgan fingerprint density at radius 3 is 2.46 bits per heavy atom. The number of ether oxygens (including phenoxy) is 2. The first-order valence-electron chi connectivity index (χ1n) is 8.13. The average molecular weight is 347 g/mol. The molecular formula is C20H23ClO3. The van der Waals surface area contributed by atoms with Crippen molar-refractivity contribution >= 4 is 17.6 Å². The molecule has 0 saturated heterocycles. The predicted octanol–water partition coefficient (Wildman–Crippen LogP) is 4.78. The summed E-state index contributed by atoms with van der Waals surface area (Å²) in [5, 5.41) is 0.514. The number of hydrogen-bond donors (Lipinski definition) is 0. The second-order valence-corrected chi connectivity index (χ2v) is 6.60. The molecule has 0 spiro atoms. The summed E-state index contributed by atoms with van der Waals surface area (Å²) >= 11 is 5.94. The van der Waals surface area contributed by atoms with Crippen molar-refractivity contribution in [1.29, 1.82) is 0 Å². The lowest BCUT2D eigenvalue weighted by atomic mass is 10.1. The molecular weight excluding hydrogens is 324 g/mol. The third kappa shape index (κ3) is 6.34. The summed E-state index contributed by atoms with van der Waals surface area (Å²) < 4.78 is 11.3. The number of carbonyl (C=O) groups is 1. The van der Waals surface area contributed by atoms with Crippen LogP contribution in [0.3, 0.4) is 0 Å². The third-order valence-corrected chi connectivity index (χ3v) is 3.63. The van der Waals surface area contributed by atoms with Gasteiger partial charge in [-0.3, -0.25) is 0 Å². The fourth-order valence-electron chi connectivity index (χ4n) is 2.28. The molecule has 2 rings (SSSR count). The van der Waals surface area contributed by atoms with Gasteiger partial charge in [0.1, 0.15) is 6.10 Å². The number of esters is 1. The van der Waals surface area contributed by atoms with E-state index in [2.05, 4.69) is 13.8 Å². The minimum Gasteiger partial charge on any atom is -0.456 e. The molecule has 128 valence electrons. The van der Waals surface area contributed by atoms with Gasteiger partial charge in [-0.2, -0.15) is 0 Å². The van der Waals surface area contributed by atoms with Gasteiger partial charge in [0.25, 0.3) is 0 Å². The van der Waals surface area contributed by atoms with Crippen LogP contribution in [0.25, 0.3) is 0 Å². The molecule has 24 heavy (non-hydrogen) atoms. The van der Waals surface area contributed by atoms with E-state index in [1.165, 1.54) is 0 Å². The molecule has 0 aliphatic carbocycles. The smallest absolute Gasteiger partial charge is 0.338 e. The van der Waals surface area contributed by atoms with E-state index in [0.29, 0.717) is 36.1 Å². The average Bonchev–Trinajstić information content (AvgIpc) is 2.55. The van der Waals surface area contributed by atoms with Crippen LogP contribution in [-0.2, 0) is 15.9 Å². The van der Waals surface area contributed by atoms with Crippen molar-refractivity contribution in [3.63, 3.8) is 0 Å². The Balaban J connectivity index is 2.02. The summed E-state index contributed by atoms with van der Waals surface area (Å²) in [6, 6.07) is 16.7. The van der Waals surface area contributed by atoms with Crippen molar-refractivity contribution in [1.82, 2.24) is 0 Å². The molecule has 0 aliphatic heterocycles. The molecule has 0 N–H and O–H groups in total. The zero-order chi connectivity index (χ0) is 17.4. The minimum atomic E-state index is -0.383. The molecule has 0 amide bonds. The Morgan fingerprint density at radius 1 is 1.04 bits per heavy atom. The van der Waals surface area contributed by atoms with E-state index in [4.69, 9.17) is 21.1 Å². The maximum absolute atomic E-state index is 12.4. The quantitative estimate of drug-likeness (QED) is 0.645. The first-order chi connectivity index (χ1) is 11.5. The highest BCUT2D eigenvalue weighted by molar-refractivity contribution is 6.30. The van der Waals surface area contributed by atoms with Crippen molar-refractivity contribution in [2.75, 3.05) is 13.2 Å². The van der Waals surface area contributed by atoms with Crippen molar-refractivity contribution in [2.45, 2.75) is 26.4 Å².